The standard InChI is InChI=1S/C10H18N2O2/c1-12(8-5-11-6-9(8)13)10(14)4-7-2-3-7/h7-9,11,13H,2-6H2,1H3. The van der Waals surface area contributed by atoms with Gasteiger partial charge in [0.2, 0.25) is 5.91 Å². The Morgan fingerprint density at radius 3 is 2.71 bits per heavy atom. The number of carbonyl (C=O) groups excluding carboxylic acids is 1. The SMILES string of the molecule is CN(C(=O)CC1CC1)C1CNCC1O. The molecule has 0 aromatic rings. The van der Waals surface area contributed by atoms with E-state index in [2.05, 4.69) is 5.32 Å². The summed E-state index contributed by atoms with van der Waals surface area (Å²) in [6.45, 7) is 1.32. The summed E-state index contributed by atoms with van der Waals surface area (Å²) in [7, 11) is 1.80. The lowest BCUT2D eigenvalue weighted by atomic mass is 10.1. The van der Waals surface area contributed by atoms with Crippen LogP contribution >= 0.6 is 0 Å². The predicted octanol–water partition coefficient (Wildman–Crippen LogP) is -0.422. The maximum Gasteiger partial charge on any atom is 0.222 e. The number of nitrogens with zero attached hydrogens (tertiary/aromatic N) is 1. The molecule has 80 valence electrons. The molecule has 0 radical (unpaired) electrons. The summed E-state index contributed by atoms with van der Waals surface area (Å²) in [6.07, 6.45) is 2.67. The van der Waals surface area contributed by atoms with Crippen molar-refractivity contribution in [1.29, 1.82) is 0 Å². The predicted molar refractivity (Wildman–Crippen MR) is 52.8 cm³/mol. The highest BCUT2D eigenvalue weighted by Gasteiger charge is 2.33. The zero-order chi connectivity index (χ0) is 10.1. The van der Waals surface area contributed by atoms with Crippen LogP contribution in [0.25, 0.3) is 0 Å². The number of likely N-dealkylation sites (N-methyl/N-ethyl adjacent to an activating group) is 1. The zero-order valence-electron chi connectivity index (χ0n) is 8.57. The van der Waals surface area contributed by atoms with E-state index in [9.17, 15) is 9.90 Å². The van der Waals surface area contributed by atoms with Gasteiger partial charge in [-0.25, -0.2) is 0 Å². The molecule has 2 fully saturated rings. The van der Waals surface area contributed by atoms with Crippen molar-refractivity contribution in [3.8, 4) is 0 Å². The van der Waals surface area contributed by atoms with Gasteiger partial charge in [-0.15, -0.1) is 0 Å². The fourth-order valence-electron chi connectivity index (χ4n) is 1.94. The molecular weight excluding hydrogens is 180 g/mol. The number of β-amino-alcohol motifs (C(OH)–C–C–N with tert-alkyl or cyclic N) is 1. The van der Waals surface area contributed by atoms with Crippen LogP contribution in [-0.4, -0.2) is 48.2 Å². The van der Waals surface area contributed by atoms with Crippen molar-refractivity contribution in [2.24, 2.45) is 5.92 Å². The van der Waals surface area contributed by atoms with Gasteiger partial charge in [0.25, 0.3) is 0 Å². The molecule has 1 amide bonds. The number of nitrogens with one attached hydrogen (secondary N) is 1. The van der Waals surface area contributed by atoms with E-state index in [-0.39, 0.29) is 11.9 Å². The fraction of sp³-hybridized carbons (Fsp3) is 0.900. The molecule has 2 atom stereocenters. The van der Waals surface area contributed by atoms with Crippen molar-refractivity contribution < 1.29 is 9.90 Å². The second-order valence-corrected chi connectivity index (χ2v) is 4.45. The lowest BCUT2D eigenvalue weighted by molar-refractivity contribution is -0.133. The molecule has 4 nitrogen and oxygen atoms in total. The number of hydrogen-bond acceptors (Lipinski definition) is 3. The Morgan fingerprint density at radius 1 is 1.50 bits per heavy atom. The Balaban J connectivity index is 1.85. The van der Waals surface area contributed by atoms with Gasteiger partial charge in [-0.3, -0.25) is 4.79 Å². The van der Waals surface area contributed by atoms with Gasteiger partial charge in [-0.2, -0.15) is 0 Å². The van der Waals surface area contributed by atoms with Crippen LogP contribution in [0.4, 0.5) is 0 Å². The van der Waals surface area contributed by atoms with Crippen LogP contribution in [-0.2, 0) is 4.79 Å². The topological polar surface area (TPSA) is 52.6 Å². The molecule has 0 aromatic carbocycles. The van der Waals surface area contributed by atoms with Crippen LogP contribution in [0.2, 0.25) is 0 Å². The molecule has 2 rings (SSSR count). The maximum atomic E-state index is 11.7. The third-order valence-corrected chi connectivity index (χ3v) is 3.20. The summed E-state index contributed by atoms with van der Waals surface area (Å²) in [5.41, 5.74) is 0. The number of hydrogen-bond donors (Lipinski definition) is 2. The van der Waals surface area contributed by atoms with Crippen LogP contribution in [0.15, 0.2) is 0 Å². The van der Waals surface area contributed by atoms with Gasteiger partial charge in [0, 0.05) is 26.6 Å². The first kappa shape index (κ1) is 9.93. The minimum Gasteiger partial charge on any atom is -0.390 e. The van der Waals surface area contributed by atoms with E-state index >= 15 is 0 Å². The lowest BCUT2D eigenvalue weighted by Gasteiger charge is -2.26. The van der Waals surface area contributed by atoms with Gasteiger partial charge >= 0.3 is 0 Å². The Labute approximate surface area is 84.3 Å². The van der Waals surface area contributed by atoms with E-state index in [1.807, 2.05) is 0 Å². The smallest absolute Gasteiger partial charge is 0.222 e. The third-order valence-electron chi connectivity index (χ3n) is 3.20. The van der Waals surface area contributed by atoms with Crippen molar-refractivity contribution in [1.82, 2.24) is 10.2 Å². The number of amides is 1. The molecular formula is C10H18N2O2. The summed E-state index contributed by atoms with van der Waals surface area (Å²) in [5.74, 6) is 0.803. The number of rotatable bonds is 3. The first-order valence-electron chi connectivity index (χ1n) is 5.33. The molecule has 14 heavy (non-hydrogen) atoms. The van der Waals surface area contributed by atoms with E-state index in [0.717, 1.165) is 0 Å². The molecule has 2 N–H and O–H groups in total. The molecule has 1 aliphatic carbocycles. The minimum atomic E-state index is -0.400. The van der Waals surface area contributed by atoms with Gasteiger partial charge in [0.15, 0.2) is 0 Å². The molecule has 1 saturated heterocycles. The average molecular weight is 198 g/mol. The van der Waals surface area contributed by atoms with Crippen LogP contribution in [0.1, 0.15) is 19.3 Å². The quantitative estimate of drug-likeness (QED) is 0.647. The summed E-state index contributed by atoms with van der Waals surface area (Å²) >= 11 is 0. The van der Waals surface area contributed by atoms with Gasteiger partial charge in [-0.1, -0.05) is 0 Å². The Hall–Kier alpha value is -0.610. The highest BCUT2D eigenvalue weighted by molar-refractivity contribution is 5.77. The lowest BCUT2D eigenvalue weighted by Crippen LogP contribution is -2.44. The fourth-order valence-corrected chi connectivity index (χ4v) is 1.94. The highest BCUT2D eigenvalue weighted by atomic mass is 16.3. The van der Waals surface area contributed by atoms with E-state index in [1.54, 1.807) is 11.9 Å². The monoisotopic (exact) mass is 198 g/mol. The van der Waals surface area contributed by atoms with Crippen LogP contribution in [0.5, 0.6) is 0 Å². The average Bonchev–Trinajstić information content (AvgIpc) is 2.86. The highest BCUT2D eigenvalue weighted by Crippen LogP contribution is 2.33. The van der Waals surface area contributed by atoms with Gasteiger partial charge in [-0.05, 0) is 18.8 Å². The van der Waals surface area contributed by atoms with Gasteiger partial charge in [0.1, 0.15) is 0 Å². The molecule has 4 heteroatoms. The molecule has 0 bridgehead atoms. The maximum absolute atomic E-state index is 11.7. The van der Waals surface area contributed by atoms with Crippen molar-refractivity contribution >= 4 is 5.91 Å². The third kappa shape index (κ3) is 2.07. The van der Waals surface area contributed by atoms with Crippen molar-refractivity contribution in [2.75, 3.05) is 20.1 Å². The van der Waals surface area contributed by atoms with Gasteiger partial charge in [0.05, 0.1) is 12.1 Å². The molecule has 1 heterocycles. The molecule has 0 spiro atoms. The van der Waals surface area contributed by atoms with Crippen LogP contribution in [0.3, 0.4) is 0 Å². The number of aliphatic hydroxyl groups excluding tert-OH is 1. The van der Waals surface area contributed by atoms with Crippen molar-refractivity contribution in [2.45, 2.75) is 31.4 Å². The molecule has 0 aromatic heterocycles. The number of carbonyl (C=O) groups is 1. The Bertz CT molecular complexity index is 228. The summed E-state index contributed by atoms with van der Waals surface area (Å²) in [6, 6.07) is -0.0266. The van der Waals surface area contributed by atoms with Crippen molar-refractivity contribution in [3.05, 3.63) is 0 Å². The summed E-state index contributed by atoms with van der Waals surface area (Å²) < 4.78 is 0. The molecule has 2 aliphatic rings. The zero-order valence-corrected chi connectivity index (χ0v) is 8.57. The van der Waals surface area contributed by atoms with E-state index in [1.165, 1.54) is 12.8 Å². The van der Waals surface area contributed by atoms with Crippen LogP contribution < -0.4 is 5.32 Å². The van der Waals surface area contributed by atoms with Crippen molar-refractivity contribution in [3.63, 3.8) is 0 Å². The first-order valence-corrected chi connectivity index (χ1v) is 5.33. The second kappa shape index (κ2) is 3.87. The van der Waals surface area contributed by atoms with Gasteiger partial charge < -0.3 is 15.3 Å². The minimum absolute atomic E-state index is 0.0266. The van der Waals surface area contributed by atoms with Crippen LogP contribution in [0, 0.1) is 5.92 Å². The molecule has 1 aliphatic heterocycles. The molecule has 2 unspecified atom stereocenters. The van der Waals surface area contributed by atoms with E-state index < -0.39 is 6.10 Å². The summed E-state index contributed by atoms with van der Waals surface area (Å²) in [4.78, 5) is 13.4. The first-order chi connectivity index (χ1) is 6.68. The normalized spacial score (nSPS) is 31.9. The van der Waals surface area contributed by atoms with E-state index in [0.29, 0.717) is 25.4 Å². The van der Waals surface area contributed by atoms with E-state index in [4.69, 9.17) is 0 Å². The molecule has 1 saturated carbocycles. The summed E-state index contributed by atoms with van der Waals surface area (Å²) in [5, 5.41) is 12.7. The Morgan fingerprint density at radius 2 is 2.21 bits per heavy atom. The number of aliphatic hydroxyl groups is 1. The largest absolute Gasteiger partial charge is 0.390 e. The second-order valence-electron chi connectivity index (χ2n) is 4.45. The Kier molecular flexibility index (Phi) is 2.74.